The maximum absolute atomic E-state index is 13.0. The van der Waals surface area contributed by atoms with E-state index in [1.54, 1.807) is 45.7 Å². The number of hydrogen-bond acceptors (Lipinski definition) is 7. The van der Waals surface area contributed by atoms with Crippen molar-refractivity contribution >= 4 is 17.2 Å². The van der Waals surface area contributed by atoms with Gasteiger partial charge in [-0.15, -0.1) is 5.10 Å². The molecule has 0 saturated carbocycles. The van der Waals surface area contributed by atoms with Crippen molar-refractivity contribution in [3.63, 3.8) is 0 Å². The molecule has 0 fully saturated rings. The highest BCUT2D eigenvalue weighted by molar-refractivity contribution is 6.09. The largest absolute Gasteiger partial charge is 0.383 e. The molecule has 0 aliphatic heterocycles. The highest BCUT2D eigenvalue weighted by atomic mass is 16.5. The van der Waals surface area contributed by atoms with Crippen molar-refractivity contribution in [3.8, 4) is 22.9 Å². The molecule has 150 valence electrons. The lowest BCUT2D eigenvalue weighted by Gasteiger charge is -2.08. The van der Waals surface area contributed by atoms with Crippen molar-refractivity contribution < 1.29 is 9.53 Å². The predicted octanol–water partition coefficient (Wildman–Crippen LogP) is 0.489. The van der Waals surface area contributed by atoms with Gasteiger partial charge in [0.15, 0.2) is 11.6 Å². The summed E-state index contributed by atoms with van der Waals surface area (Å²) in [5.74, 6) is 0.802. The van der Waals surface area contributed by atoms with Crippen LogP contribution < -0.4 is 11.1 Å². The molecular formula is C18H21N9O2. The van der Waals surface area contributed by atoms with Crippen LogP contribution in [0, 0.1) is 0 Å². The first-order chi connectivity index (χ1) is 14.0. The van der Waals surface area contributed by atoms with E-state index < -0.39 is 0 Å². The highest BCUT2D eigenvalue weighted by Gasteiger charge is 2.24. The SMILES string of the molecule is COCCNC(=O)c1c(-c2ccn(C)n2)cn2nc(-c3nccn3C)nc(N)c12. The second kappa shape index (κ2) is 7.36. The molecule has 11 heteroatoms. The van der Waals surface area contributed by atoms with Crippen LogP contribution in [-0.4, -0.2) is 60.1 Å². The van der Waals surface area contributed by atoms with E-state index in [1.165, 1.54) is 0 Å². The first-order valence-corrected chi connectivity index (χ1v) is 8.93. The minimum atomic E-state index is -0.301. The topological polar surface area (TPSA) is 130 Å². The van der Waals surface area contributed by atoms with Crippen molar-refractivity contribution in [2.75, 3.05) is 26.0 Å². The van der Waals surface area contributed by atoms with Gasteiger partial charge in [0.05, 0.1) is 17.9 Å². The molecule has 0 atom stereocenters. The summed E-state index contributed by atoms with van der Waals surface area (Å²) in [6.45, 7) is 0.756. The van der Waals surface area contributed by atoms with Crippen molar-refractivity contribution in [2.45, 2.75) is 0 Å². The van der Waals surface area contributed by atoms with Crippen LogP contribution in [0.25, 0.3) is 28.4 Å². The summed E-state index contributed by atoms with van der Waals surface area (Å²) < 4.78 is 10.0. The van der Waals surface area contributed by atoms with Gasteiger partial charge in [-0.25, -0.2) is 14.5 Å². The molecule has 0 radical (unpaired) electrons. The summed E-state index contributed by atoms with van der Waals surface area (Å²) in [6, 6.07) is 1.82. The van der Waals surface area contributed by atoms with Crippen LogP contribution >= 0.6 is 0 Å². The van der Waals surface area contributed by atoms with E-state index in [0.717, 1.165) is 0 Å². The maximum Gasteiger partial charge on any atom is 0.254 e. The number of anilines is 1. The zero-order chi connectivity index (χ0) is 20.5. The monoisotopic (exact) mass is 395 g/mol. The Bertz CT molecular complexity index is 1190. The summed E-state index contributed by atoms with van der Waals surface area (Å²) in [4.78, 5) is 21.6. The van der Waals surface area contributed by atoms with Crippen molar-refractivity contribution in [1.29, 1.82) is 0 Å². The molecule has 0 spiro atoms. The van der Waals surface area contributed by atoms with Crippen molar-refractivity contribution in [2.24, 2.45) is 14.1 Å². The molecule has 0 saturated heterocycles. The summed E-state index contributed by atoms with van der Waals surface area (Å²) in [6.07, 6.45) is 6.98. The number of ether oxygens (including phenoxy) is 1. The van der Waals surface area contributed by atoms with Gasteiger partial charge >= 0.3 is 0 Å². The number of nitrogens with one attached hydrogen (secondary N) is 1. The maximum atomic E-state index is 13.0. The number of hydrogen-bond donors (Lipinski definition) is 2. The minimum Gasteiger partial charge on any atom is -0.383 e. The number of carbonyl (C=O) groups excluding carboxylic acids is 1. The molecule has 11 nitrogen and oxygen atoms in total. The van der Waals surface area contributed by atoms with Gasteiger partial charge in [-0.2, -0.15) is 5.10 Å². The van der Waals surface area contributed by atoms with Crippen LogP contribution in [-0.2, 0) is 18.8 Å². The Morgan fingerprint density at radius 3 is 2.76 bits per heavy atom. The highest BCUT2D eigenvalue weighted by Crippen LogP contribution is 2.30. The number of aromatic nitrogens is 7. The third-order valence-corrected chi connectivity index (χ3v) is 4.49. The molecule has 0 unspecified atom stereocenters. The third-order valence-electron chi connectivity index (χ3n) is 4.49. The summed E-state index contributed by atoms with van der Waals surface area (Å²) in [7, 11) is 5.23. The van der Waals surface area contributed by atoms with Gasteiger partial charge < -0.3 is 20.4 Å². The molecule has 3 N–H and O–H groups in total. The van der Waals surface area contributed by atoms with Gasteiger partial charge in [0, 0.05) is 58.1 Å². The van der Waals surface area contributed by atoms with Gasteiger partial charge in [0.1, 0.15) is 5.52 Å². The van der Waals surface area contributed by atoms with Gasteiger partial charge in [0.25, 0.3) is 5.91 Å². The fraction of sp³-hybridized carbons (Fsp3) is 0.278. The average Bonchev–Trinajstić information content (AvgIpc) is 3.39. The molecule has 0 bridgehead atoms. The lowest BCUT2D eigenvalue weighted by Crippen LogP contribution is -2.27. The molecule has 4 aromatic heterocycles. The molecule has 29 heavy (non-hydrogen) atoms. The number of nitrogens with two attached hydrogens (primary N) is 1. The van der Waals surface area contributed by atoms with E-state index in [1.807, 2.05) is 20.2 Å². The standard InChI is InChI=1S/C18H21N9O2/c1-25-8-5-20-17(25)16-22-15(19)14-13(18(28)21-6-9-29-3)11(10-27(14)24-16)12-4-7-26(2)23-12/h4-5,7-8,10H,6,9H2,1-3H3,(H,21,28)(H2,19,22,24). The first kappa shape index (κ1) is 18.6. The summed E-state index contributed by atoms with van der Waals surface area (Å²) in [5.41, 5.74) is 8.29. The number of imidazole rings is 1. The second-order valence-electron chi connectivity index (χ2n) is 6.52. The Morgan fingerprint density at radius 2 is 2.10 bits per heavy atom. The van der Waals surface area contributed by atoms with Crippen LogP contribution in [0.3, 0.4) is 0 Å². The fourth-order valence-corrected chi connectivity index (χ4v) is 3.12. The summed E-state index contributed by atoms with van der Waals surface area (Å²) >= 11 is 0. The van der Waals surface area contributed by atoms with E-state index >= 15 is 0 Å². The number of carbonyl (C=O) groups is 1. The van der Waals surface area contributed by atoms with Gasteiger partial charge in [0.2, 0.25) is 5.82 Å². The molecule has 1 amide bonds. The smallest absolute Gasteiger partial charge is 0.254 e. The Kier molecular flexibility index (Phi) is 4.72. The van der Waals surface area contributed by atoms with Crippen LogP contribution in [0.5, 0.6) is 0 Å². The zero-order valence-corrected chi connectivity index (χ0v) is 16.3. The van der Waals surface area contributed by atoms with Crippen molar-refractivity contribution in [1.82, 2.24) is 39.2 Å². The normalized spacial score (nSPS) is 11.3. The lowest BCUT2D eigenvalue weighted by molar-refractivity contribution is 0.0939. The predicted molar refractivity (Wildman–Crippen MR) is 106 cm³/mol. The molecule has 4 aromatic rings. The molecule has 0 aromatic carbocycles. The molecule has 0 aliphatic carbocycles. The van der Waals surface area contributed by atoms with Crippen LogP contribution in [0.15, 0.2) is 30.9 Å². The van der Waals surface area contributed by atoms with Gasteiger partial charge in [-0.3, -0.25) is 9.48 Å². The molecule has 0 aliphatic rings. The Morgan fingerprint density at radius 1 is 1.28 bits per heavy atom. The number of rotatable bonds is 6. The molecule has 4 rings (SSSR count). The minimum absolute atomic E-state index is 0.178. The van der Waals surface area contributed by atoms with E-state index in [9.17, 15) is 4.79 Å². The van der Waals surface area contributed by atoms with Gasteiger partial charge in [-0.05, 0) is 6.07 Å². The Labute approximate surface area is 166 Å². The Hall–Kier alpha value is -3.73. The number of methoxy groups -OCH3 is 1. The van der Waals surface area contributed by atoms with E-state index in [2.05, 4.69) is 25.5 Å². The van der Waals surface area contributed by atoms with E-state index in [0.29, 0.717) is 47.1 Å². The van der Waals surface area contributed by atoms with E-state index in [-0.39, 0.29) is 11.7 Å². The van der Waals surface area contributed by atoms with Crippen LogP contribution in [0.4, 0.5) is 5.82 Å². The Balaban J connectivity index is 1.90. The van der Waals surface area contributed by atoms with Crippen molar-refractivity contribution in [3.05, 3.63) is 36.4 Å². The quantitative estimate of drug-likeness (QED) is 0.454. The first-order valence-electron chi connectivity index (χ1n) is 8.93. The number of nitrogens with zero attached hydrogens (tertiary/aromatic N) is 7. The summed E-state index contributed by atoms with van der Waals surface area (Å²) in [5, 5.41) is 11.8. The fourth-order valence-electron chi connectivity index (χ4n) is 3.12. The molecule has 4 heterocycles. The lowest BCUT2D eigenvalue weighted by atomic mass is 10.1. The molecular weight excluding hydrogens is 374 g/mol. The second-order valence-corrected chi connectivity index (χ2v) is 6.52. The third kappa shape index (κ3) is 3.31. The number of nitrogen functional groups attached to an aromatic ring is 1. The van der Waals surface area contributed by atoms with Crippen LogP contribution in [0.1, 0.15) is 10.4 Å². The van der Waals surface area contributed by atoms with Crippen LogP contribution in [0.2, 0.25) is 0 Å². The number of fused-ring (bicyclic) bond motifs is 1. The number of aryl methyl sites for hydroxylation is 2. The zero-order valence-electron chi connectivity index (χ0n) is 16.3. The average molecular weight is 395 g/mol. The van der Waals surface area contributed by atoms with Gasteiger partial charge in [-0.1, -0.05) is 0 Å². The number of amides is 1. The van der Waals surface area contributed by atoms with E-state index in [4.69, 9.17) is 10.5 Å².